The van der Waals surface area contributed by atoms with Crippen molar-refractivity contribution in [1.82, 2.24) is 5.32 Å². The van der Waals surface area contributed by atoms with E-state index >= 15 is 0 Å². The van der Waals surface area contributed by atoms with Crippen LogP contribution in [0.3, 0.4) is 0 Å². The van der Waals surface area contributed by atoms with Crippen LogP contribution < -0.4 is 5.32 Å². The molecule has 0 amide bonds. The Balaban J connectivity index is 2.14. The van der Waals surface area contributed by atoms with Crippen molar-refractivity contribution in [2.24, 2.45) is 0 Å². The standard InChI is InChI=1S/C18H18FNO/c1-11-8-12(2)17(14(19)9-11)18(20-3)16-10-13-6-4-5-7-15(13)21-16/h4-10,18,20H,1-3H3. The lowest BCUT2D eigenvalue weighted by molar-refractivity contribution is 0.474. The highest BCUT2D eigenvalue weighted by molar-refractivity contribution is 5.78. The molecule has 3 heteroatoms. The van der Waals surface area contributed by atoms with Crippen LogP contribution in [0.15, 0.2) is 46.9 Å². The third-order valence-corrected chi connectivity index (χ3v) is 3.79. The Labute approximate surface area is 123 Å². The lowest BCUT2D eigenvalue weighted by atomic mass is 9.96. The first-order valence-electron chi connectivity index (χ1n) is 7.02. The molecule has 0 fully saturated rings. The van der Waals surface area contributed by atoms with Crippen molar-refractivity contribution in [3.8, 4) is 0 Å². The number of halogens is 1. The van der Waals surface area contributed by atoms with Crippen LogP contribution in [0, 0.1) is 19.7 Å². The fourth-order valence-electron chi connectivity index (χ4n) is 2.87. The molecule has 1 heterocycles. The molecule has 0 aliphatic carbocycles. The summed E-state index contributed by atoms with van der Waals surface area (Å²) >= 11 is 0. The number of nitrogens with one attached hydrogen (secondary N) is 1. The van der Waals surface area contributed by atoms with E-state index in [-0.39, 0.29) is 11.9 Å². The summed E-state index contributed by atoms with van der Waals surface area (Å²) in [5.41, 5.74) is 3.31. The van der Waals surface area contributed by atoms with Gasteiger partial charge < -0.3 is 9.73 Å². The van der Waals surface area contributed by atoms with Crippen LogP contribution in [-0.4, -0.2) is 7.05 Å². The van der Waals surface area contributed by atoms with Crippen LogP contribution in [0.4, 0.5) is 4.39 Å². The summed E-state index contributed by atoms with van der Waals surface area (Å²) in [6.07, 6.45) is 0. The average Bonchev–Trinajstić information content (AvgIpc) is 2.85. The normalized spacial score (nSPS) is 12.8. The van der Waals surface area contributed by atoms with Crippen molar-refractivity contribution < 1.29 is 8.81 Å². The minimum absolute atomic E-state index is 0.202. The molecule has 0 radical (unpaired) electrons. The monoisotopic (exact) mass is 283 g/mol. The maximum atomic E-state index is 14.4. The van der Waals surface area contributed by atoms with Gasteiger partial charge in [-0.05, 0) is 50.2 Å². The molecule has 21 heavy (non-hydrogen) atoms. The van der Waals surface area contributed by atoms with Gasteiger partial charge in [0.1, 0.15) is 17.2 Å². The molecule has 0 saturated carbocycles. The zero-order valence-electron chi connectivity index (χ0n) is 12.4. The molecule has 3 aromatic rings. The Kier molecular flexibility index (Phi) is 3.52. The van der Waals surface area contributed by atoms with Gasteiger partial charge in [-0.3, -0.25) is 0 Å². The molecular formula is C18H18FNO. The fraction of sp³-hybridized carbons (Fsp3) is 0.222. The van der Waals surface area contributed by atoms with Gasteiger partial charge in [-0.2, -0.15) is 0 Å². The zero-order chi connectivity index (χ0) is 15.0. The molecule has 2 aromatic carbocycles. The third kappa shape index (κ3) is 2.45. The van der Waals surface area contributed by atoms with Gasteiger partial charge in [0.2, 0.25) is 0 Å². The summed E-state index contributed by atoms with van der Waals surface area (Å²) in [5, 5.41) is 4.19. The number of benzene rings is 2. The molecule has 2 nitrogen and oxygen atoms in total. The summed E-state index contributed by atoms with van der Waals surface area (Å²) in [4.78, 5) is 0. The van der Waals surface area contributed by atoms with Gasteiger partial charge in [-0.1, -0.05) is 24.3 Å². The molecule has 1 N–H and O–H groups in total. The van der Waals surface area contributed by atoms with Crippen LogP contribution >= 0.6 is 0 Å². The van der Waals surface area contributed by atoms with E-state index in [9.17, 15) is 4.39 Å². The number of fused-ring (bicyclic) bond motifs is 1. The summed E-state index contributed by atoms with van der Waals surface area (Å²) < 4.78 is 20.3. The fourth-order valence-corrected chi connectivity index (χ4v) is 2.87. The van der Waals surface area contributed by atoms with E-state index in [1.54, 1.807) is 6.07 Å². The van der Waals surface area contributed by atoms with Gasteiger partial charge >= 0.3 is 0 Å². The first-order chi connectivity index (χ1) is 10.1. The Bertz CT molecular complexity index is 735. The zero-order valence-corrected chi connectivity index (χ0v) is 12.4. The maximum absolute atomic E-state index is 14.4. The van der Waals surface area contributed by atoms with E-state index in [0.29, 0.717) is 5.56 Å². The Hall–Kier alpha value is -2.13. The topological polar surface area (TPSA) is 25.2 Å². The highest BCUT2D eigenvalue weighted by Crippen LogP contribution is 2.31. The number of hydrogen-bond donors (Lipinski definition) is 1. The predicted molar refractivity (Wildman–Crippen MR) is 83.0 cm³/mol. The van der Waals surface area contributed by atoms with Crippen molar-refractivity contribution >= 4 is 11.0 Å². The second kappa shape index (κ2) is 5.34. The smallest absolute Gasteiger partial charge is 0.134 e. The van der Waals surface area contributed by atoms with Crippen LogP contribution in [0.1, 0.15) is 28.5 Å². The number of hydrogen-bond acceptors (Lipinski definition) is 2. The van der Waals surface area contributed by atoms with Gasteiger partial charge in [0.25, 0.3) is 0 Å². The molecule has 1 aromatic heterocycles. The minimum atomic E-state index is -0.294. The van der Waals surface area contributed by atoms with E-state index < -0.39 is 0 Å². The van der Waals surface area contributed by atoms with E-state index in [4.69, 9.17) is 4.42 Å². The highest BCUT2D eigenvalue weighted by Gasteiger charge is 2.22. The summed E-state index contributed by atoms with van der Waals surface area (Å²) in [6.45, 7) is 3.83. The maximum Gasteiger partial charge on any atom is 0.134 e. The first kappa shape index (κ1) is 13.8. The Morgan fingerprint density at radius 1 is 1.10 bits per heavy atom. The van der Waals surface area contributed by atoms with Crippen LogP contribution in [0.2, 0.25) is 0 Å². The second-order valence-electron chi connectivity index (χ2n) is 5.39. The molecular weight excluding hydrogens is 265 g/mol. The van der Waals surface area contributed by atoms with Gasteiger partial charge in [0, 0.05) is 10.9 Å². The SMILES string of the molecule is CNC(c1cc2ccccc2o1)c1c(C)cc(C)cc1F. The number of furan rings is 1. The molecule has 0 aliphatic heterocycles. The van der Waals surface area contributed by atoms with Crippen molar-refractivity contribution in [1.29, 1.82) is 0 Å². The second-order valence-corrected chi connectivity index (χ2v) is 5.39. The van der Waals surface area contributed by atoms with Gasteiger partial charge in [-0.15, -0.1) is 0 Å². The highest BCUT2D eigenvalue weighted by atomic mass is 19.1. The Morgan fingerprint density at radius 2 is 1.86 bits per heavy atom. The molecule has 108 valence electrons. The quantitative estimate of drug-likeness (QED) is 0.765. The van der Waals surface area contributed by atoms with Crippen molar-refractivity contribution in [3.63, 3.8) is 0 Å². The first-order valence-corrected chi connectivity index (χ1v) is 7.02. The van der Waals surface area contributed by atoms with Crippen molar-refractivity contribution in [2.45, 2.75) is 19.9 Å². The third-order valence-electron chi connectivity index (χ3n) is 3.79. The van der Waals surface area contributed by atoms with Crippen molar-refractivity contribution in [3.05, 3.63) is 70.7 Å². The van der Waals surface area contributed by atoms with E-state index in [2.05, 4.69) is 5.32 Å². The molecule has 0 spiro atoms. The van der Waals surface area contributed by atoms with E-state index in [1.165, 1.54) is 0 Å². The molecule has 0 bridgehead atoms. The predicted octanol–water partition coefficient (Wildman–Crippen LogP) is 4.50. The molecule has 0 aliphatic rings. The van der Waals surface area contributed by atoms with Crippen molar-refractivity contribution in [2.75, 3.05) is 7.05 Å². The summed E-state index contributed by atoms with van der Waals surface area (Å²) in [6, 6.07) is 13.0. The lowest BCUT2D eigenvalue weighted by Gasteiger charge is -2.18. The van der Waals surface area contributed by atoms with E-state index in [0.717, 1.165) is 27.9 Å². The van der Waals surface area contributed by atoms with Gasteiger partial charge in [-0.25, -0.2) is 4.39 Å². The number of aryl methyl sites for hydroxylation is 2. The summed E-state index contributed by atoms with van der Waals surface area (Å²) in [7, 11) is 1.82. The molecule has 1 atom stereocenters. The number of rotatable bonds is 3. The number of para-hydroxylation sites is 1. The van der Waals surface area contributed by atoms with E-state index in [1.807, 2.05) is 57.3 Å². The minimum Gasteiger partial charge on any atom is -0.459 e. The molecule has 3 rings (SSSR count). The largest absolute Gasteiger partial charge is 0.459 e. The van der Waals surface area contributed by atoms with Gasteiger partial charge in [0.15, 0.2) is 0 Å². The van der Waals surface area contributed by atoms with Crippen LogP contribution in [0.5, 0.6) is 0 Å². The molecule has 1 unspecified atom stereocenters. The molecule has 0 saturated heterocycles. The lowest BCUT2D eigenvalue weighted by Crippen LogP contribution is -2.19. The summed E-state index contributed by atoms with van der Waals surface area (Å²) in [5.74, 6) is 0.525. The van der Waals surface area contributed by atoms with Crippen LogP contribution in [-0.2, 0) is 0 Å². The van der Waals surface area contributed by atoms with Crippen LogP contribution in [0.25, 0.3) is 11.0 Å². The Morgan fingerprint density at radius 3 is 2.52 bits per heavy atom. The van der Waals surface area contributed by atoms with Gasteiger partial charge in [0.05, 0.1) is 6.04 Å². The average molecular weight is 283 g/mol.